The fourth-order valence-corrected chi connectivity index (χ4v) is 6.56. The molecule has 4 aromatic heterocycles. The van der Waals surface area contributed by atoms with Gasteiger partial charge in [0.1, 0.15) is 18.3 Å². The molecule has 0 atom stereocenters. The van der Waals surface area contributed by atoms with Crippen molar-refractivity contribution in [2.45, 2.75) is 62.8 Å². The molecule has 0 spiro atoms. The molecule has 2 saturated carbocycles. The lowest BCUT2D eigenvalue weighted by molar-refractivity contribution is 0.00976. The molecule has 44 heavy (non-hydrogen) atoms. The van der Waals surface area contributed by atoms with Crippen LogP contribution in [0.5, 0.6) is 0 Å². The molecule has 6 rings (SSSR count). The van der Waals surface area contributed by atoms with Gasteiger partial charge >= 0.3 is 0 Å². The van der Waals surface area contributed by atoms with Crippen LogP contribution in [0.25, 0.3) is 11.4 Å². The van der Waals surface area contributed by atoms with Crippen molar-refractivity contribution in [1.82, 2.24) is 33.9 Å². The van der Waals surface area contributed by atoms with Crippen LogP contribution in [0.1, 0.15) is 56.6 Å². The van der Waals surface area contributed by atoms with Crippen LogP contribution in [0.3, 0.4) is 0 Å². The number of alkyl halides is 1. The van der Waals surface area contributed by atoms with Crippen LogP contribution in [0.15, 0.2) is 49.3 Å². The summed E-state index contributed by atoms with van der Waals surface area (Å²) in [4.78, 5) is 13.4. The number of aromatic nitrogens is 7. The number of hydrogen-bond donors (Lipinski definition) is 3. The smallest absolute Gasteiger partial charge is 0.256 e. The summed E-state index contributed by atoms with van der Waals surface area (Å²) in [5.41, 5.74) is 2.02. The van der Waals surface area contributed by atoms with Crippen molar-refractivity contribution >= 4 is 27.3 Å². The quantitative estimate of drug-likeness (QED) is 0.224. The van der Waals surface area contributed by atoms with Gasteiger partial charge in [0.2, 0.25) is 0 Å². The van der Waals surface area contributed by atoms with E-state index in [1.165, 1.54) is 17.1 Å². The van der Waals surface area contributed by atoms with Crippen LogP contribution in [0.2, 0.25) is 0 Å². The molecule has 3 N–H and O–H groups in total. The molecule has 12 nitrogen and oxygen atoms in total. The Balaban J connectivity index is 1.21. The molecule has 14 heteroatoms. The number of nitrogens with zero attached hydrogens (tertiary/aromatic N) is 7. The standard InChI is InChI=1S/C30H34FN9O3S/c1-30(41)9-6-21(7-10-30)15-33-26-14-28(34-17-23(26)3-2-22-16-35-39(19-22)13-11-31)37-27-8-12-32-29(38-27)24-18-36-40(20-24)44(42,43)25-4-5-25/h8,12,14,16-21,25,41H,4-7,9-11,13,15H2,1H3,(H2,32,33,34,37,38). The van der Waals surface area contributed by atoms with Crippen molar-refractivity contribution in [2.24, 2.45) is 5.92 Å². The normalized spacial score (nSPS) is 20.1. The Morgan fingerprint density at radius 1 is 1.07 bits per heavy atom. The van der Waals surface area contributed by atoms with Crippen LogP contribution >= 0.6 is 0 Å². The number of nitrogens with one attached hydrogen (secondary N) is 2. The Morgan fingerprint density at radius 2 is 1.89 bits per heavy atom. The fraction of sp³-hybridized carbons (Fsp3) is 0.433. The summed E-state index contributed by atoms with van der Waals surface area (Å²) in [5, 5.41) is 24.9. The zero-order valence-corrected chi connectivity index (χ0v) is 25.1. The van der Waals surface area contributed by atoms with Gasteiger partial charge in [-0.2, -0.15) is 14.3 Å². The molecule has 4 aromatic rings. The van der Waals surface area contributed by atoms with E-state index in [4.69, 9.17) is 0 Å². The molecule has 0 bridgehead atoms. The van der Waals surface area contributed by atoms with Gasteiger partial charge in [0.15, 0.2) is 5.82 Å². The van der Waals surface area contributed by atoms with E-state index in [2.05, 4.69) is 47.6 Å². The van der Waals surface area contributed by atoms with Crippen LogP contribution in [-0.2, 0) is 16.6 Å². The number of halogens is 1. The number of pyridine rings is 1. The monoisotopic (exact) mass is 619 g/mol. The van der Waals surface area contributed by atoms with E-state index < -0.39 is 22.3 Å². The topological polar surface area (TPSA) is 153 Å². The lowest BCUT2D eigenvalue weighted by Gasteiger charge is -2.33. The van der Waals surface area contributed by atoms with Crippen LogP contribution in [-0.4, -0.2) is 71.5 Å². The molecular weight excluding hydrogens is 585 g/mol. The molecule has 0 saturated heterocycles. The molecule has 2 fully saturated rings. The highest BCUT2D eigenvalue weighted by molar-refractivity contribution is 7.90. The predicted octanol–water partition coefficient (Wildman–Crippen LogP) is 3.74. The Labute approximate surface area is 255 Å². The molecule has 0 radical (unpaired) electrons. The minimum absolute atomic E-state index is 0.178. The first-order valence-electron chi connectivity index (χ1n) is 14.6. The van der Waals surface area contributed by atoms with E-state index in [1.807, 2.05) is 13.0 Å². The van der Waals surface area contributed by atoms with Gasteiger partial charge in [-0.3, -0.25) is 4.68 Å². The van der Waals surface area contributed by atoms with Gasteiger partial charge in [-0.25, -0.2) is 27.8 Å². The summed E-state index contributed by atoms with van der Waals surface area (Å²) in [7, 11) is -3.49. The van der Waals surface area contributed by atoms with Crippen molar-refractivity contribution < 1.29 is 17.9 Å². The molecule has 0 aromatic carbocycles. The Hall–Kier alpha value is -4.35. The first-order valence-corrected chi connectivity index (χ1v) is 16.2. The maximum Gasteiger partial charge on any atom is 0.256 e. The maximum absolute atomic E-state index is 12.7. The van der Waals surface area contributed by atoms with E-state index in [1.54, 1.807) is 30.9 Å². The third kappa shape index (κ3) is 7.06. The van der Waals surface area contributed by atoms with Crippen LogP contribution in [0, 0.1) is 17.8 Å². The van der Waals surface area contributed by atoms with Crippen molar-refractivity contribution in [3.8, 4) is 23.2 Å². The molecule has 230 valence electrons. The third-order valence-corrected chi connectivity index (χ3v) is 9.93. The summed E-state index contributed by atoms with van der Waals surface area (Å²) in [6, 6.07) is 3.55. The maximum atomic E-state index is 12.7. The van der Waals surface area contributed by atoms with E-state index in [-0.39, 0.29) is 11.8 Å². The Morgan fingerprint density at radius 3 is 2.66 bits per heavy atom. The fourth-order valence-electron chi connectivity index (χ4n) is 5.08. The van der Waals surface area contributed by atoms with Crippen molar-refractivity contribution in [3.63, 3.8) is 0 Å². The Kier molecular flexibility index (Phi) is 8.33. The lowest BCUT2D eigenvalue weighted by atomic mass is 9.80. The first-order chi connectivity index (χ1) is 21.2. The van der Waals surface area contributed by atoms with Crippen molar-refractivity contribution in [3.05, 3.63) is 60.4 Å². The second-order valence-corrected chi connectivity index (χ2v) is 13.7. The number of aliphatic hydroxyl groups is 1. The summed E-state index contributed by atoms with van der Waals surface area (Å²) in [6.07, 6.45) is 14.1. The van der Waals surface area contributed by atoms with Gasteiger partial charge in [0.25, 0.3) is 10.0 Å². The largest absolute Gasteiger partial charge is 0.390 e. The number of anilines is 3. The van der Waals surface area contributed by atoms with E-state index >= 15 is 0 Å². The average Bonchev–Trinajstić information content (AvgIpc) is 3.58. The van der Waals surface area contributed by atoms with E-state index in [9.17, 15) is 17.9 Å². The highest BCUT2D eigenvalue weighted by atomic mass is 32.2. The highest BCUT2D eigenvalue weighted by Gasteiger charge is 2.37. The molecule has 4 heterocycles. The van der Waals surface area contributed by atoms with Gasteiger partial charge in [0.05, 0.1) is 58.4 Å². The molecule has 0 amide bonds. The van der Waals surface area contributed by atoms with Gasteiger partial charge in [-0.1, -0.05) is 11.8 Å². The number of rotatable bonds is 10. The second-order valence-electron chi connectivity index (χ2n) is 11.6. The summed E-state index contributed by atoms with van der Waals surface area (Å²) in [5.74, 6) is 7.98. The van der Waals surface area contributed by atoms with Crippen LogP contribution < -0.4 is 10.6 Å². The zero-order valence-electron chi connectivity index (χ0n) is 24.3. The number of aryl methyl sites for hydroxylation is 1. The van der Waals surface area contributed by atoms with E-state index in [0.29, 0.717) is 59.5 Å². The van der Waals surface area contributed by atoms with Gasteiger partial charge in [-0.15, -0.1) is 0 Å². The molecular formula is C30H34FN9O3S. The van der Waals surface area contributed by atoms with Gasteiger partial charge in [0, 0.05) is 31.2 Å². The lowest BCUT2D eigenvalue weighted by Crippen LogP contribution is -2.32. The Bertz CT molecular complexity index is 1790. The second kappa shape index (κ2) is 12.3. The summed E-state index contributed by atoms with van der Waals surface area (Å²) < 4.78 is 40.3. The first kappa shape index (κ1) is 29.7. The van der Waals surface area contributed by atoms with Crippen LogP contribution in [0.4, 0.5) is 21.7 Å². The summed E-state index contributed by atoms with van der Waals surface area (Å²) >= 11 is 0. The van der Waals surface area contributed by atoms with Gasteiger partial charge < -0.3 is 15.7 Å². The van der Waals surface area contributed by atoms with E-state index in [0.717, 1.165) is 35.5 Å². The summed E-state index contributed by atoms with van der Waals surface area (Å²) in [6.45, 7) is 2.28. The minimum Gasteiger partial charge on any atom is -0.390 e. The van der Waals surface area contributed by atoms with Crippen molar-refractivity contribution in [1.29, 1.82) is 0 Å². The van der Waals surface area contributed by atoms with Gasteiger partial charge in [-0.05, 0) is 57.4 Å². The van der Waals surface area contributed by atoms with Crippen molar-refractivity contribution in [2.75, 3.05) is 23.9 Å². The molecule has 0 unspecified atom stereocenters. The zero-order chi connectivity index (χ0) is 30.7. The SMILES string of the molecule is CC1(O)CCC(CNc2cc(Nc3ccnc(-c4cnn(S(=O)(=O)C5CC5)c4)n3)ncc2C#Cc2cnn(CCF)c2)CC1. The molecule has 2 aliphatic carbocycles. The number of hydrogen-bond acceptors (Lipinski definition) is 10. The average molecular weight is 620 g/mol. The minimum atomic E-state index is -3.49. The third-order valence-electron chi connectivity index (χ3n) is 7.89. The molecule has 2 aliphatic rings. The highest BCUT2D eigenvalue weighted by Crippen LogP contribution is 2.33. The predicted molar refractivity (Wildman–Crippen MR) is 163 cm³/mol. The molecule has 0 aliphatic heterocycles.